The first kappa shape index (κ1) is 33.2. The fourth-order valence-corrected chi connectivity index (χ4v) is 9.67. The number of rotatable bonds is 10. The van der Waals surface area contributed by atoms with E-state index >= 15 is 4.39 Å². The van der Waals surface area contributed by atoms with Crippen molar-refractivity contribution in [2.24, 2.45) is 11.3 Å². The number of anilines is 3. The van der Waals surface area contributed by atoms with E-state index in [2.05, 4.69) is 48.5 Å². The Morgan fingerprint density at radius 1 is 0.938 bits per heavy atom. The molecule has 1 spiro atoms. The van der Waals surface area contributed by atoms with Gasteiger partial charge in [0.05, 0.1) is 27.0 Å². The molecule has 3 aliphatic rings. The molecule has 1 aromatic carbocycles. The Morgan fingerprint density at radius 2 is 1.75 bits per heavy atom. The smallest absolute Gasteiger partial charge is 0.220 e. The number of halogens is 1. The maximum absolute atomic E-state index is 15.9. The number of piperidine rings is 2. The van der Waals surface area contributed by atoms with Crippen molar-refractivity contribution in [3.8, 4) is 21.8 Å². The third-order valence-corrected chi connectivity index (χ3v) is 12.9. The molecule has 0 radical (unpaired) electrons. The summed E-state index contributed by atoms with van der Waals surface area (Å²) in [5.74, 6) is 3.11. The van der Waals surface area contributed by atoms with Crippen LogP contribution in [0.3, 0.4) is 0 Å². The van der Waals surface area contributed by atoms with Crippen molar-refractivity contribution in [3.63, 3.8) is 0 Å². The van der Waals surface area contributed by atoms with Crippen molar-refractivity contribution in [3.05, 3.63) is 65.7 Å². The topological polar surface area (TPSA) is 96.1 Å². The van der Waals surface area contributed by atoms with Crippen LogP contribution in [0.2, 0.25) is 0 Å². The molecule has 0 bridgehead atoms. The highest BCUT2D eigenvalue weighted by molar-refractivity contribution is 8.00. The Labute approximate surface area is 292 Å². The second-order valence-electron chi connectivity index (χ2n) is 13.8. The van der Waals surface area contributed by atoms with Crippen LogP contribution in [0.25, 0.3) is 21.8 Å². The standard InChI is InChI=1S/C37H47FN8S2/c1-2-24-47-44-29-7-5-6-28(32(29)38)33-34(30-11-19-41-36(39)42-30)48-35(43-33)27-9-14-37(15-10-27)16-22-45(23-17-37)25-26-12-20-46(21-13-26)31-8-3-4-18-40-31/h3-8,11,18-19,26-27,44H,2,9-10,12-17,20-25H2,1H3,(H2,39,41,42). The van der Waals surface area contributed by atoms with Gasteiger partial charge < -0.3 is 20.3 Å². The lowest BCUT2D eigenvalue weighted by Gasteiger charge is -2.46. The maximum Gasteiger partial charge on any atom is 0.220 e. The number of pyridine rings is 1. The first-order valence-corrected chi connectivity index (χ1v) is 19.4. The van der Waals surface area contributed by atoms with E-state index in [0.717, 1.165) is 59.7 Å². The summed E-state index contributed by atoms with van der Waals surface area (Å²) < 4.78 is 19.1. The molecule has 48 heavy (non-hydrogen) atoms. The number of nitrogens with two attached hydrogens (primary N) is 1. The average molecular weight is 687 g/mol. The molecule has 254 valence electrons. The molecule has 0 unspecified atom stereocenters. The fraction of sp³-hybridized carbons (Fsp3) is 0.514. The monoisotopic (exact) mass is 686 g/mol. The number of thiazole rings is 1. The van der Waals surface area contributed by atoms with Gasteiger partial charge in [0.1, 0.15) is 5.82 Å². The van der Waals surface area contributed by atoms with Gasteiger partial charge in [-0.25, -0.2) is 24.3 Å². The number of hydrogen-bond donors (Lipinski definition) is 2. The normalized spacial score (nSPS) is 19.2. The van der Waals surface area contributed by atoms with Crippen LogP contribution in [0.1, 0.15) is 75.6 Å². The van der Waals surface area contributed by atoms with E-state index in [-0.39, 0.29) is 11.8 Å². The molecule has 5 heterocycles. The molecule has 0 amide bonds. The summed E-state index contributed by atoms with van der Waals surface area (Å²) in [5.41, 5.74) is 8.76. The molecule has 7 rings (SSSR count). The molecule has 8 nitrogen and oxygen atoms in total. The van der Waals surface area contributed by atoms with E-state index in [1.54, 1.807) is 23.6 Å². The number of nitrogen functional groups attached to an aromatic ring is 1. The van der Waals surface area contributed by atoms with E-state index in [1.165, 1.54) is 70.1 Å². The van der Waals surface area contributed by atoms with E-state index in [1.807, 2.05) is 30.5 Å². The van der Waals surface area contributed by atoms with Crippen molar-refractivity contribution >= 4 is 40.7 Å². The van der Waals surface area contributed by atoms with Crippen LogP contribution in [0.4, 0.5) is 21.8 Å². The quantitative estimate of drug-likeness (QED) is 0.126. The summed E-state index contributed by atoms with van der Waals surface area (Å²) in [6.07, 6.45) is 14.4. The van der Waals surface area contributed by atoms with Gasteiger partial charge in [0.15, 0.2) is 5.82 Å². The van der Waals surface area contributed by atoms with Crippen LogP contribution in [0.15, 0.2) is 54.9 Å². The molecule has 3 fully saturated rings. The van der Waals surface area contributed by atoms with Gasteiger partial charge in [-0.2, -0.15) is 0 Å². The highest BCUT2D eigenvalue weighted by Crippen LogP contribution is 2.51. The minimum absolute atomic E-state index is 0.209. The number of benzene rings is 1. The second-order valence-corrected chi connectivity index (χ2v) is 15.8. The van der Waals surface area contributed by atoms with Crippen LogP contribution >= 0.6 is 23.3 Å². The minimum atomic E-state index is -0.283. The molecular weight excluding hydrogens is 640 g/mol. The maximum atomic E-state index is 15.9. The van der Waals surface area contributed by atoms with Gasteiger partial charge in [0, 0.05) is 49.3 Å². The third-order valence-electron chi connectivity index (χ3n) is 10.7. The molecule has 1 saturated carbocycles. The van der Waals surface area contributed by atoms with Crippen LogP contribution in [0.5, 0.6) is 0 Å². The van der Waals surface area contributed by atoms with Crippen molar-refractivity contribution in [2.75, 3.05) is 53.8 Å². The lowest BCUT2D eigenvalue weighted by atomic mass is 9.65. The molecule has 1 aliphatic carbocycles. The molecule has 4 aromatic rings. The Morgan fingerprint density at radius 3 is 2.48 bits per heavy atom. The van der Waals surface area contributed by atoms with Crippen LogP contribution in [0, 0.1) is 17.2 Å². The SMILES string of the molecule is CCCSNc1cccc(-c2nc(C3CCC4(CC3)CCN(CC3CCN(c5ccccn5)CC3)CC4)sc2-c2ccnc(N)n2)c1F. The van der Waals surface area contributed by atoms with E-state index in [0.29, 0.717) is 34.0 Å². The number of aromatic nitrogens is 4. The molecule has 3 aromatic heterocycles. The number of hydrogen-bond acceptors (Lipinski definition) is 10. The number of nitrogens with one attached hydrogen (secondary N) is 1. The van der Waals surface area contributed by atoms with Crippen molar-refractivity contribution in [1.82, 2.24) is 24.8 Å². The minimum Gasteiger partial charge on any atom is -0.368 e. The first-order chi connectivity index (χ1) is 23.5. The van der Waals surface area contributed by atoms with Crippen molar-refractivity contribution < 1.29 is 4.39 Å². The Bertz CT molecular complexity index is 1640. The van der Waals surface area contributed by atoms with Crippen LogP contribution in [-0.2, 0) is 0 Å². The Kier molecular flexibility index (Phi) is 10.4. The molecule has 3 N–H and O–H groups in total. The predicted molar refractivity (Wildman–Crippen MR) is 198 cm³/mol. The van der Waals surface area contributed by atoms with Crippen molar-refractivity contribution in [2.45, 2.75) is 70.6 Å². The second kappa shape index (κ2) is 15.1. The summed E-state index contributed by atoms with van der Waals surface area (Å²) in [4.78, 5) is 24.4. The zero-order valence-electron chi connectivity index (χ0n) is 27.9. The predicted octanol–water partition coefficient (Wildman–Crippen LogP) is 8.51. The van der Waals surface area contributed by atoms with Crippen LogP contribution in [-0.4, -0.2) is 63.3 Å². The summed E-state index contributed by atoms with van der Waals surface area (Å²) in [6, 6.07) is 13.6. The van der Waals surface area contributed by atoms with E-state index in [4.69, 9.17) is 10.7 Å². The van der Waals surface area contributed by atoms with Gasteiger partial charge in [-0.15, -0.1) is 11.3 Å². The summed E-state index contributed by atoms with van der Waals surface area (Å²) in [6.45, 7) is 8.00. The first-order valence-electron chi connectivity index (χ1n) is 17.6. The fourth-order valence-electron chi connectivity index (χ4n) is 7.83. The van der Waals surface area contributed by atoms with Gasteiger partial charge in [0.2, 0.25) is 5.95 Å². The third kappa shape index (κ3) is 7.48. The molecule has 2 aliphatic heterocycles. The summed E-state index contributed by atoms with van der Waals surface area (Å²) >= 11 is 3.17. The number of nitrogens with zero attached hydrogens (tertiary/aromatic N) is 6. The lowest BCUT2D eigenvalue weighted by molar-refractivity contribution is 0.0526. The highest BCUT2D eigenvalue weighted by Gasteiger charge is 2.40. The van der Waals surface area contributed by atoms with Gasteiger partial charge in [0.25, 0.3) is 0 Å². The lowest BCUT2D eigenvalue weighted by Crippen LogP contribution is -2.45. The average Bonchev–Trinajstić information content (AvgIpc) is 3.57. The van der Waals surface area contributed by atoms with Gasteiger partial charge >= 0.3 is 0 Å². The molecule has 2 saturated heterocycles. The van der Waals surface area contributed by atoms with Crippen molar-refractivity contribution in [1.29, 1.82) is 0 Å². The van der Waals surface area contributed by atoms with Gasteiger partial charge in [-0.1, -0.05) is 31.0 Å². The summed E-state index contributed by atoms with van der Waals surface area (Å²) in [7, 11) is 0. The Balaban J connectivity index is 0.989. The molecule has 0 atom stereocenters. The zero-order chi connectivity index (χ0) is 32.9. The largest absolute Gasteiger partial charge is 0.368 e. The Hall–Kier alpha value is -3.28. The highest BCUT2D eigenvalue weighted by atomic mass is 32.2. The van der Waals surface area contributed by atoms with E-state index in [9.17, 15) is 0 Å². The van der Waals surface area contributed by atoms with Gasteiger partial charge in [-0.3, -0.25) is 0 Å². The number of likely N-dealkylation sites (tertiary alicyclic amines) is 1. The zero-order valence-corrected chi connectivity index (χ0v) is 29.5. The van der Waals surface area contributed by atoms with Gasteiger partial charge in [-0.05, 0) is 113 Å². The van der Waals surface area contributed by atoms with E-state index < -0.39 is 0 Å². The van der Waals surface area contributed by atoms with Crippen LogP contribution < -0.4 is 15.4 Å². The molecular formula is C37H47FN8S2. The molecule has 11 heteroatoms. The summed E-state index contributed by atoms with van der Waals surface area (Å²) in [5, 5.41) is 1.08.